The highest BCUT2D eigenvalue weighted by Gasteiger charge is 2.18. The molecule has 1 unspecified atom stereocenters. The molecule has 5 heteroatoms. The molecule has 1 N–H and O–H groups in total. The first-order valence-electron chi connectivity index (χ1n) is 7.26. The molecule has 1 heterocycles. The second-order valence-electron chi connectivity index (χ2n) is 5.48. The Morgan fingerprint density at radius 3 is 2.40 bits per heavy atom. The van der Waals surface area contributed by atoms with Gasteiger partial charge in [-0.2, -0.15) is 11.8 Å². The first-order valence-corrected chi connectivity index (χ1v) is 8.65. The summed E-state index contributed by atoms with van der Waals surface area (Å²) in [5.41, 5.74) is 1.13. The molecule has 0 fully saturated rings. The lowest BCUT2D eigenvalue weighted by Gasteiger charge is -2.28. The number of rotatable bonds is 7. The van der Waals surface area contributed by atoms with E-state index in [0.29, 0.717) is 12.0 Å². The van der Waals surface area contributed by atoms with E-state index in [-0.39, 0.29) is 0 Å². The Kier molecular flexibility index (Phi) is 6.59. The van der Waals surface area contributed by atoms with Crippen LogP contribution >= 0.6 is 11.8 Å². The van der Waals surface area contributed by atoms with Gasteiger partial charge in [0.15, 0.2) is 0 Å². The Labute approximate surface area is 127 Å². The smallest absolute Gasteiger partial charge is 0.137 e. The maximum atomic E-state index is 4.78. The molecule has 0 aliphatic carbocycles. The van der Waals surface area contributed by atoms with E-state index in [1.807, 2.05) is 11.8 Å². The maximum Gasteiger partial charge on any atom is 0.137 e. The minimum atomic E-state index is 0.330. The summed E-state index contributed by atoms with van der Waals surface area (Å²) >= 11 is 1.86. The molecule has 0 amide bonds. The number of hydrogen-bond acceptors (Lipinski definition) is 5. The minimum Gasteiger partial charge on any atom is -0.370 e. The molecule has 0 aromatic carbocycles. The maximum absolute atomic E-state index is 4.78. The van der Waals surface area contributed by atoms with Crippen LogP contribution in [0.4, 0.5) is 11.6 Å². The van der Waals surface area contributed by atoms with E-state index in [0.717, 1.165) is 35.3 Å². The fourth-order valence-corrected chi connectivity index (χ4v) is 2.73. The normalized spacial score (nSPS) is 12.6. The van der Waals surface area contributed by atoms with Crippen molar-refractivity contribution >= 4 is 23.4 Å². The topological polar surface area (TPSA) is 41.1 Å². The van der Waals surface area contributed by atoms with E-state index in [1.165, 1.54) is 0 Å². The van der Waals surface area contributed by atoms with Crippen LogP contribution in [0.15, 0.2) is 0 Å². The second-order valence-corrected chi connectivity index (χ2v) is 6.39. The van der Waals surface area contributed by atoms with E-state index in [1.54, 1.807) is 0 Å². The van der Waals surface area contributed by atoms with E-state index in [9.17, 15) is 0 Å². The quantitative estimate of drug-likeness (QED) is 0.833. The molecule has 0 radical (unpaired) electrons. The van der Waals surface area contributed by atoms with Gasteiger partial charge in [0, 0.05) is 36.9 Å². The zero-order valence-corrected chi connectivity index (χ0v) is 14.6. The number of thioether (sulfide) groups is 1. The van der Waals surface area contributed by atoms with Crippen LogP contribution < -0.4 is 10.2 Å². The van der Waals surface area contributed by atoms with Gasteiger partial charge in [-0.25, -0.2) is 9.97 Å². The Bertz CT molecular complexity index is 434. The molecule has 20 heavy (non-hydrogen) atoms. The minimum absolute atomic E-state index is 0.330. The highest BCUT2D eigenvalue weighted by Crippen LogP contribution is 2.26. The van der Waals surface area contributed by atoms with Gasteiger partial charge >= 0.3 is 0 Å². The molecular formula is C15H28N4S. The number of aromatic nitrogens is 2. The van der Waals surface area contributed by atoms with Gasteiger partial charge in [-0.3, -0.25) is 0 Å². The van der Waals surface area contributed by atoms with Gasteiger partial charge in [-0.05, 0) is 27.0 Å². The third kappa shape index (κ3) is 4.01. The van der Waals surface area contributed by atoms with Crippen LogP contribution in [0, 0.1) is 6.92 Å². The fourth-order valence-electron chi connectivity index (χ4n) is 2.02. The Hall–Kier alpha value is -0.970. The summed E-state index contributed by atoms with van der Waals surface area (Å²) in [5, 5.41) is 3.35. The van der Waals surface area contributed by atoms with Crippen molar-refractivity contribution < 1.29 is 0 Å². The average molecular weight is 296 g/mol. The summed E-state index contributed by atoms with van der Waals surface area (Å²) in [4.78, 5) is 11.7. The molecule has 1 aromatic heterocycles. The monoisotopic (exact) mass is 296 g/mol. The van der Waals surface area contributed by atoms with Crippen molar-refractivity contribution in [3.05, 3.63) is 11.4 Å². The predicted molar refractivity (Wildman–Crippen MR) is 91.3 cm³/mol. The third-order valence-corrected chi connectivity index (χ3v) is 4.22. The van der Waals surface area contributed by atoms with Crippen molar-refractivity contribution in [2.45, 2.75) is 46.6 Å². The van der Waals surface area contributed by atoms with E-state index < -0.39 is 0 Å². The first kappa shape index (κ1) is 17.1. The van der Waals surface area contributed by atoms with E-state index in [2.05, 4.69) is 63.1 Å². The number of nitrogens with zero attached hydrogens (tertiary/aromatic N) is 3. The zero-order valence-electron chi connectivity index (χ0n) is 13.8. The predicted octanol–water partition coefficient (Wildman–Crippen LogP) is 3.53. The first-order chi connectivity index (χ1) is 9.42. The third-order valence-electron chi connectivity index (χ3n) is 3.40. The largest absolute Gasteiger partial charge is 0.370 e. The van der Waals surface area contributed by atoms with Crippen molar-refractivity contribution in [1.82, 2.24) is 9.97 Å². The van der Waals surface area contributed by atoms with Crippen LogP contribution in [0.3, 0.4) is 0 Å². The van der Waals surface area contributed by atoms with Gasteiger partial charge in [-0.15, -0.1) is 0 Å². The van der Waals surface area contributed by atoms with Gasteiger partial charge in [0.2, 0.25) is 0 Å². The summed E-state index contributed by atoms with van der Waals surface area (Å²) in [5.74, 6) is 4.33. The van der Waals surface area contributed by atoms with Crippen molar-refractivity contribution in [2.24, 2.45) is 0 Å². The van der Waals surface area contributed by atoms with E-state index in [4.69, 9.17) is 4.98 Å². The molecule has 0 aliphatic heterocycles. The summed E-state index contributed by atoms with van der Waals surface area (Å²) in [7, 11) is 2.12. The highest BCUT2D eigenvalue weighted by molar-refractivity contribution is 7.98. The molecule has 1 rings (SSSR count). The van der Waals surface area contributed by atoms with Crippen LogP contribution in [0.25, 0.3) is 0 Å². The van der Waals surface area contributed by atoms with Gasteiger partial charge in [0.05, 0.1) is 0 Å². The molecule has 1 atom stereocenters. The van der Waals surface area contributed by atoms with Crippen molar-refractivity contribution in [3.8, 4) is 0 Å². The van der Waals surface area contributed by atoms with Gasteiger partial charge in [-0.1, -0.05) is 13.8 Å². The molecular weight excluding hydrogens is 268 g/mol. The van der Waals surface area contributed by atoms with Crippen LogP contribution in [0.1, 0.15) is 45.0 Å². The molecule has 4 nitrogen and oxygen atoms in total. The van der Waals surface area contributed by atoms with Gasteiger partial charge in [0.1, 0.15) is 17.5 Å². The summed E-state index contributed by atoms with van der Waals surface area (Å²) < 4.78 is 0. The second kappa shape index (κ2) is 7.72. The molecule has 0 saturated carbocycles. The fraction of sp³-hybridized carbons (Fsp3) is 0.733. The van der Waals surface area contributed by atoms with Crippen molar-refractivity contribution in [2.75, 3.05) is 35.8 Å². The van der Waals surface area contributed by atoms with Crippen LogP contribution in [-0.2, 0) is 0 Å². The molecule has 114 valence electrons. The van der Waals surface area contributed by atoms with Crippen LogP contribution in [-0.4, -0.2) is 41.6 Å². The molecule has 0 aliphatic rings. The molecule has 0 saturated heterocycles. The van der Waals surface area contributed by atoms with E-state index >= 15 is 0 Å². The summed E-state index contributed by atoms with van der Waals surface area (Å²) in [6.45, 7) is 11.6. The van der Waals surface area contributed by atoms with Crippen LogP contribution in [0.2, 0.25) is 0 Å². The zero-order chi connectivity index (χ0) is 15.3. The SMILES string of the molecule is CCNc1nc(C(C)C)nc(N(C)C(C)CSC)c1C. The lowest BCUT2D eigenvalue weighted by atomic mass is 10.2. The lowest BCUT2D eigenvalue weighted by Crippen LogP contribution is -2.32. The molecule has 0 spiro atoms. The highest BCUT2D eigenvalue weighted by atomic mass is 32.2. The molecule has 1 aromatic rings. The number of anilines is 2. The Morgan fingerprint density at radius 1 is 1.25 bits per heavy atom. The van der Waals surface area contributed by atoms with Gasteiger partial charge < -0.3 is 10.2 Å². The summed E-state index contributed by atoms with van der Waals surface area (Å²) in [6.07, 6.45) is 2.14. The Morgan fingerprint density at radius 2 is 1.90 bits per heavy atom. The van der Waals surface area contributed by atoms with Crippen molar-refractivity contribution in [1.29, 1.82) is 0 Å². The number of nitrogens with one attached hydrogen (secondary N) is 1. The van der Waals surface area contributed by atoms with Gasteiger partial charge in [0.25, 0.3) is 0 Å². The molecule has 0 bridgehead atoms. The van der Waals surface area contributed by atoms with Crippen molar-refractivity contribution in [3.63, 3.8) is 0 Å². The van der Waals surface area contributed by atoms with Crippen LogP contribution in [0.5, 0.6) is 0 Å². The summed E-state index contributed by atoms with van der Waals surface area (Å²) in [6, 6.07) is 0.452. The number of hydrogen-bond donors (Lipinski definition) is 1. The standard InChI is InChI=1S/C15H28N4S/c1-8-16-14-12(5)15(18-13(17-14)10(2)3)19(6)11(4)9-20-7/h10-11H,8-9H2,1-7H3,(H,16,17,18). The Balaban J connectivity index is 3.22. The average Bonchev–Trinajstić information content (AvgIpc) is 2.40. The lowest BCUT2D eigenvalue weighted by molar-refractivity contribution is 0.721.